The summed E-state index contributed by atoms with van der Waals surface area (Å²) < 4.78 is 17.1. The lowest BCUT2D eigenvalue weighted by atomic mass is 10.2. The highest BCUT2D eigenvalue weighted by atomic mass is 16.5. The molecule has 1 aliphatic rings. The highest BCUT2D eigenvalue weighted by Crippen LogP contribution is 2.30. The zero-order valence-corrected chi connectivity index (χ0v) is 17.0. The fourth-order valence-corrected chi connectivity index (χ4v) is 2.86. The topological polar surface area (TPSA) is 86.5 Å². The molecule has 3 aromatic rings. The molecule has 4 rings (SSSR count). The van der Waals surface area contributed by atoms with Gasteiger partial charge in [-0.1, -0.05) is 19.4 Å². The van der Waals surface area contributed by atoms with Gasteiger partial charge in [0.1, 0.15) is 11.5 Å². The van der Waals surface area contributed by atoms with Crippen molar-refractivity contribution in [3.05, 3.63) is 54.4 Å². The molecule has 7 nitrogen and oxygen atoms in total. The number of carbonyl (C=O) groups excluding carboxylic acids is 1. The van der Waals surface area contributed by atoms with Crippen molar-refractivity contribution < 1.29 is 18.7 Å². The highest BCUT2D eigenvalue weighted by molar-refractivity contribution is 5.94. The smallest absolute Gasteiger partial charge is 0.254 e. The van der Waals surface area contributed by atoms with E-state index in [2.05, 4.69) is 22.4 Å². The van der Waals surface area contributed by atoms with Crippen molar-refractivity contribution in [1.82, 2.24) is 10.2 Å². The normalized spacial score (nSPS) is 13.1. The first-order valence-electron chi connectivity index (χ1n) is 10.3. The van der Waals surface area contributed by atoms with Crippen LogP contribution in [0.2, 0.25) is 0 Å². The maximum absolute atomic E-state index is 11.9. The summed E-state index contributed by atoms with van der Waals surface area (Å²) >= 11 is 0. The third-order valence-electron chi connectivity index (χ3n) is 4.75. The first kappa shape index (κ1) is 19.9. The number of nitrogens with one attached hydrogen (secondary N) is 1. The van der Waals surface area contributed by atoms with Crippen molar-refractivity contribution in [1.29, 1.82) is 0 Å². The largest absolute Gasteiger partial charge is 0.494 e. The van der Waals surface area contributed by atoms with Gasteiger partial charge in [0.25, 0.3) is 5.89 Å². The van der Waals surface area contributed by atoms with E-state index in [4.69, 9.17) is 13.9 Å². The molecule has 0 unspecified atom stereocenters. The Balaban J connectivity index is 1.32. The number of anilines is 1. The number of rotatable bonds is 10. The van der Waals surface area contributed by atoms with Crippen molar-refractivity contribution in [3.63, 3.8) is 0 Å². The summed E-state index contributed by atoms with van der Waals surface area (Å²) in [4.78, 5) is 11.9. The van der Waals surface area contributed by atoms with Crippen LogP contribution in [0.15, 0.2) is 52.9 Å². The Labute approximate surface area is 175 Å². The molecule has 0 atom stereocenters. The molecule has 1 amide bonds. The van der Waals surface area contributed by atoms with E-state index >= 15 is 0 Å². The SMILES string of the molecule is CCCCOc1ccc(-c2nnc(COc3cccc(NC(=O)C4CC4)c3)o2)cc1. The van der Waals surface area contributed by atoms with E-state index in [1.54, 1.807) is 6.07 Å². The molecule has 156 valence electrons. The number of ether oxygens (including phenoxy) is 2. The third-order valence-corrected chi connectivity index (χ3v) is 4.75. The molecular weight excluding hydrogens is 382 g/mol. The van der Waals surface area contributed by atoms with Crippen LogP contribution >= 0.6 is 0 Å². The number of unbranched alkanes of at least 4 members (excludes halogenated alkanes) is 1. The number of benzene rings is 2. The van der Waals surface area contributed by atoms with Crippen LogP contribution in [0.4, 0.5) is 5.69 Å². The number of nitrogens with zero attached hydrogens (tertiary/aromatic N) is 2. The molecule has 0 saturated heterocycles. The Morgan fingerprint density at radius 1 is 1.10 bits per heavy atom. The molecule has 1 aromatic heterocycles. The predicted octanol–water partition coefficient (Wildman–Crippen LogP) is 4.84. The third kappa shape index (κ3) is 5.37. The second kappa shape index (κ2) is 9.43. The molecule has 0 aliphatic heterocycles. The Kier molecular flexibility index (Phi) is 6.27. The van der Waals surface area contributed by atoms with E-state index in [-0.39, 0.29) is 18.4 Å². The van der Waals surface area contributed by atoms with Crippen LogP contribution in [-0.4, -0.2) is 22.7 Å². The highest BCUT2D eigenvalue weighted by Gasteiger charge is 2.29. The summed E-state index contributed by atoms with van der Waals surface area (Å²) in [5, 5.41) is 11.1. The van der Waals surface area contributed by atoms with Crippen LogP contribution in [0.5, 0.6) is 11.5 Å². The van der Waals surface area contributed by atoms with E-state index in [0.29, 0.717) is 24.1 Å². The molecule has 1 heterocycles. The maximum atomic E-state index is 11.9. The van der Waals surface area contributed by atoms with Gasteiger partial charge in [-0.3, -0.25) is 4.79 Å². The van der Waals surface area contributed by atoms with E-state index in [1.807, 2.05) is 42.5 Å². The van der Waals surface area contributed by atoms with Crippen LogP contribution in [0.1, 0.15) is 38.5 Å². The predicted molar refractivity (Wildman–Crippen MR) is 112 cm³/mol. The molecule has 7 heteroatoms. The second-order valence-electron chi connectivity index (χ2n) is 7.31. The number of carbonyl (C=O) groups is 1. The molecule has 0 radical (unpaired) electrons. The Morgan fingerprint density at radius 2 is 1.93 bits per heavy atom. The zero-order valence-electron chi connectivity index (χ0n) is 17.0. The average Bonchev–Trinajstić information content (AvgIpc) is 3.52. The van der Waals surface area contributed by atoms with Crippen molar-refractivity contribution in [2.24, 2.45) is 5.92 Å². The minimum atomic E-state index is 0.0653. The minimum absolute atomic E-state index is 0.0653. The van der Waals surface area contributed by atoms with Crippen molar-refractivity contribution in [2.75, 3.05) is 11.9 Å². The van der Waals surface area contributed by atoms with Gasteiger partial charge < -0.3 is 19.2 Å². The van der Waals surface area contributed by atoms with Crippen molar-refractivity contribution in [3.8, 4) is 23.0 Å². The van der Waals surface area contributed by atoms with Gasteiger partial charge in [0.05, 0.1) is 6.61 Å². The van der Waals surface area contributed by atoms with E-state index in [9.17, 15) is 4.79 Å². The monoisotopic (exact) mass is 407 g/mol. The fourth-order valence-electron chi connectivity index (χ4n) is 2.86. The van der Waals surface area contributed by atoms with Crippen LogP contribution in [-0.2, 0) is 11.4 Å². The molecule has 30 heavy (non-hydrogen) atoms. The van der Waals surface area contributed by atoms with Gasteiger partial charge in [-0.25, -0.2) is 0 Å². The molecule has 2 aromatic carbocycles. The second-order valence-corrected chi connectivity index (χ2v) is 7.31. The summed E-state index contributed by atoms with van der Waals surface area (Å²) in [6, 6.07) is 14.9. The number of hydrogen-bond donors (Lipinski definition) is 1. The van der Waals surface area contributed by atoms with Gasteiger partial charge in [0.2, 0.25) is 11.8 Å². The molecule has 1 fully saturated rings. The molecule has 0 spiro atoms. The summed E-state index contributed by atoms with van der Waals surface area (Å²) in [7, 11) is 0. The number of amides is 1. The number of hydrogen-bond acceptors (Lipinski definition) is 6. The van der Waals surface area contributed by atoms with Gasteiger partial charge in [-0.15, -0.1) is 10.2 Å². The Bertz CT molecular complexity index is 980. The fraction of sp³-hybridized carbons (Fsp3) is 0.348. The lowest BCUT2D eigenvalue weighted by Gasteiger charge is -2.07. The molecule has 1 saturated carbocycles. The van der Waals surface area contributed by atoms with Gasteiger partial charge in [0.15, 0.2) is 6.61 Å². The van der Waals surface area contributed by atoms with Crippen molar-refractivity contribution in [2.45, 2.75) is 39.2 Å². The lowest BCUT2D eigenvalue weighted by Crippen LogP contribution is -2.13. The van der Waals surface area contributed by atoms with Crippen LogP contribution in [0.3, 0.4) is 0 Å². The van der Waals surface area contributed by atoms with Crippen LogP contribution < -0.4 is 14.8 Å². The first-order chi connectivity index (χ1) is 14.7. The van der Waals surface area contributed by atoms with Crippen LogP contribution in [0.25, 0.3) is 11.5 Å². The standard InChI is InChI=1S/C23H25N3O4/c1-2-3-13-28-19-11-9-17(10-12-19)23-26-25-21(30-23)15-29-20-6-4-5-18(14-20)24-22(27)16-7-8-16/h4-6,9-12,14,16H,2-3,7-8,13,15H2,1H3,(H,24,27). The lowest BCUT2D eigenvalue weighted by molar-refractivity contribution is -0.117. The quantitative estimate of drug-likeness (QED) is 0.484. The summed E-state index contributed by atoms with van der Waals surface area (Å²) in [6.45, 7) is 2.99. The zero-order chi connectivity index (χ0) is 20.8. The number of aromatic nitrogens is 2. The first-order valence-corrected chi connectivity index (χ1v) is 10.3. The summed E-state index contributed by atoms with van der Waals surface area (Å²) in [5.74, 6) is 2.47. The summed E-state index contributed by atoms with van der Waals surface area (Å²) in [5.41, 5.74) is 1.54. The van der Waals surface area contributed by atoms with E-state index in [0.717, 1.165) is 42.7 Å². The Hall–Kier alpha value is -3.35. The van der Waals surface area contributed by atoms with Gasteiger partial charge in [-0.05, 0) is 55.7 Å². The average molecular weight is 407 g/mol. The minimum Gasteiger partial charge on any atom is -0.494 e. The van der Waals surface area contributed by atoms with Crippen LogP contribution in [0, 0.1) is 5.92 Å². The maximum Gasteiger partial charge on any atom is 0.254 e. The Morgan fingerprint density at radius 3 is 2.70 bits per heavy atom. The van der Waals surface area contributed by atoms with Gasteiger partial charge >= 0.3 is 0 Å². The molecule has 1 N–H and O–H groups in total. The molecule has 0 bridgehead atoms. The summed E-state index contributed by atoms with van der Waals surface area (Å²) in [6.07, 6.45) is 4.07. The van der Waals surface area contributed by atoms with E-state index in [1.165, 1.54) is 0 Å². The van der Waals surface area contributed by atoms with E-state index < -0.39 is 0 Å². The van der Waals surface area contributed by atoms with Gasteiger partial charge in [-0.2, -0.15) is 0 Å². The molecular formula is C23H25N3O4. The molecule has 1 aliphatic carbocycles. The van der Waals surface area contributed by atoms with Gasteiger partial charge in [0, 0.05) is 23.2 Å². The van der Waals surface area contributed by atoms with Crippen molar-refractivity contribution >= 4 is 11.6 Å².